The van der Waals surface area contributed by atoms with Crippen LogP contribution in [0.4, 0.5) is 30.6 Å². The van der Waals surface area contributed by atoms with Gasteiger partial charge in [0.2, 0.25) is 5.95 Å². The SMILES string of the molecule is COc1ccccc1CNc1cc(C)nc(Nc2ccccc2C(F)(F)F)n1. The second-order valence-corrected chi connectivity index (χ2v) is 6.05. The minimum atomic E-state index is -4.47. The summed E-state index contributed by atoms with van der Waals surface area (Å²) in [6, 6.07) is 14.5. The van der Waals surface area contributed by atoms with Gasteiger partial charge < -0.3 is 15.4 Å². The lowest BCUT2D eigenvalue weighted by molar-refractivity contribution is -0.136. The summed E-state index contributed by atoms with van der Waals surface area (Å²) in [7, 11) is 1.59. The molecule has 28 heavy (non-hydrogen) atoms. The number of aryl methyl sites for hydroxylation is 1. The Kier molecular flexibility index (Phi) is 5.67. The average molecular weight is 388 g/mol. The summed E-state index contributed by atoms with van der Waals surface area (Å²) in [5.74, 6) is 1.31. The number of nitrogens with zero attached hydrogens (tertiary/aromatic N) is 2. The van der Waals surface area contributed by atoms with Gasteiger partial charge in [-0.05, 0) is 25.1 Å². The van der Waals surface area contributed by atoms with Gasteiger partial charge in [-0.3, -0.25) is 0 Å². The first-order chi connectivity index (χ1) is 13.4. The highest BCUT2D eigenvalue weighted by atomic mass is 19.4. The lowest BCUT2D eigenvalue weighted by Crippen LogP contribution is -2.10. The average Bonchev–Trinajstić information content (AvgIpc) is 2.66. The molecule has 0 aliphatic rings. The van der Waals surface area contributed by atoms with Crippen LogP contribution in [0.5, 0.6) is 5.75 Å². The zero-order valence-corrected chi connectivity index (χ0v) is 15.3. The number of anilines is 3. The minimum Gasteiger partial charge on any atom is -0.496 e. The smallest absolute Gasteiger partial charge is 0.418 e. The molecule has 2 aromatic carbocycles. The normalized spacial score (nSPS) is 11.2. The van der Waals surface area contributed by atoms with E-state index in [1.807, 2.05) is 24.3 Å². The molecule has 0 fully saturated rings. The number of aromatic nitrogens is 2. The van der Waals surface area contributed by atoms with Crippen LogP contribution in [0.25, 0.3) is 0 Å². The molecule has 5 nitrogen and oxygen atoms in total. The van der Waals surface area contributed by atoms with E-state index >= 15 is 0 Å². The van der Waals surface area contributed by atoms with Gasteiger partial charge in [-0.25, -0.2) is 4.98 Å². The van der Waals surface area contributed by atoms with Crippen LogP contribution in [0.15, 0.2) is 54.6 Å². The van der Waals surface area contributed by atoms with E-state index in [-0.39, 0.29) is 11.6 Å². The highest BCUT2D eigenvalue weighted by Gasteiger charge is 2.33. The molecule has 3 rings (SSSR count). The maximum absolute atomic E-state index is 13.2. The Bertz CT molecular complexity index is 960. The molecule has 2 N–H and O–H groups in total. The van der Waals surface area contributed by atoms with Gasteiger partial charge >= 0.3 is 6.18 Å². The summed E-state index contributed by atoms with van der Waals surface area (Å²) in [4.78, 5) is 8.47. The van der Waals surface area contributed by atoms with Crippen LogP contribution in [0.3, 0.4) is 0 Å². The van der Waals surface area contributed by atoms with Gasteiger partial charge in [0.25, 0.3) is 0 Å². The first-order valence-corrected chi connectivity index (χ1v) is 8.51. The molecule has 1 heterocycles. The highest BCUT2D eigenvalue weighted by molar-refractivity contribution is 5.60. The molecule has 3 aromatic rings. The van der Waals surface area contributed by atoms with E-state index in [9.17, 15) is 13.2 Å². The lowest BCUT2D eigenvalue weighted by atomic mass is 10.1. The molecule has 0 bridgehead atoms. The van der Waals surface area contributed by atoms with Crippen LogP contribution >= 0.6 is 0 Å². The molecule has 0 aliphatic carbocycles. The summed E-state index contributed by atoms with van der Waals surface area (Å²) in [6.45, 7) is 2.19. The van der Waals surface area contributed by atoms with Crippen LogP contribution in [0.1, 0.15) is 16.8 Å². The molecule has 1 aromatic heterocycles. The third-order valence-corrected chi connectivity index (χ3v) is 3.99. The molecule has 0 aliphatic heterocycles. The topological polar surface area (TPSA) is 59.1 Å². The third kappa shape index (κ3) is 4.70. The van der Waals surface area contributed by atoms with Gasteiger partial charge in [0.15, 0.2) is 0 Å². The van der Waals surface area contributed by atoms with E-state index in [0.717, 1.165) is 17.4 Å². The Morgan fingerprint density at radius 1 is 1.00 bits per heavy atom. The van der Waals surface area contributed by atoms with Crippen molar-refractivity contribution in [1.29, 1.82) is 0 Å². The first kappa shape index (κ1) is 19.5. The van der Waals surface area contributed by atoms with E-state index in [0.29, 0.717) is 18.1 Å². The lowest BCUT2D eigenvalue weighted by Gasteiger charge is -2.15. The number of benzene rings is 2. The van der Waals surface area contributed by atoms with Gasteiger partial charge in [-0.15, -0.1) is 0 Å². The van der Waals surface area contributed by atoms with Crippen LogP contribution in [-0.4, -0.2) is 17.1 Å². The van der Waals surface area contributed by atoms with Crippen molar-refractivity contribution < 1.29 is 17.9 Å². The van der Waals surface area contributed by atoms with Crippen molar-refractivity contribution in [2.45, 2.75) is 19.6 Å². The molecule has 0 saturated carbocycles. The quantitative estimate of drug-likeness (QED) is 0.610. The molecule has 0 amide bonds. The molecule has 146 valence electrons. The van der Waals surface area contributed by atoms with Crippen molar-refractivity contribution in [2.75, 3.05) is 17.7 Å². The Hall–Kier alpha value is -3.29. The number of halogens is 3. The number of ether oxygens (including phenoxy) is 1. The molecule has 0 atom stereocenters. The number of hydrogen-bond acceptors (Lipinski definition) is 5. The summed E-state index contributed by atoms with van der Waals surface area (Å²) in [5.41, 5.74) is 0.669. The minimum absolute atomic E-state index is 0.0826. The van der Waals surface area contributed by atoms with Crippen molar-refractivity contribution in [1.82, 2.24) is 9.97 Å². The van der Waals surface area contributed by atoms with Gasteiger partial charge in [0, 0.05) is 23.9 Å². The third-order valence-electron chi connectivity index (χ3n) is 3.99. The molecule has 0 saturated heterocycles. The number of nitrogens with one attached hydrogen (secondary N) is 2. The van der Waals surface area contributed by atoms with E-state index in [2.05, 4.69) is 20.6 Å². The fourth-order valence-electron chi connectivity index (χ4n) is 2.71. The highest BCUT2D eigenvalue weighted by Crippen LogP contribution is 2.35. The zero-order valence-electron chi connectivity index (χ0n) is 15.3. The number of rotatable bonds is 6. The van der Waals surface area contributed by atoms with Crippen LogP contribution in [0.2, 0.25) is 0 Å². The summed E-state index contributed by atoms with van der Waals surface area (Å²) < 4.78 is 44.9. The van der Waals surface area contributed by atoms with Crippen molar-refractivity contribution in [3.8, 4) is 5.75 Å². The standard InChI is InChI=1S/C20H19F3N4O/c1-13-11-18(24-12-14-7-3-6-10-17(14)28-2)27-19(25-13)26-16-9-5-4-8-15(16)20(21,22)23/h3-11H,12H2,1-2H3,(H2,24,25,26,27). The van der Waals surface area contributed by atoms with Crippen LogP contribution < -0.4 is 15.4 Å². The molecule has 8 heteroatoms. The number of hydrogen-bond donors (Lipinski definition) is 2. The number of alkyl halides is 3. The molecule has 0 spiro atoms. The maximum atomic E-state index is 13.2. The van der Waals surface area contributed by atoms with Crippen LogP contribution in [-0.2, 0) is 12.7 Å². The monoisotopic (exact) mass is 388 g/mol. The van der Waals surface area contributed by atoms with Crippen molar-refractivity contribution >= 4 is 17.5 Å². The van der Waals surface area contributed by atoms with E-state index in [1.165, 1.54) is 18.2 Å². The number of para-hydroxylation sites is 2. The van der Waals surface area contributed by atoms with Gasteiger partial charge in [0.05, 0.1) is 18.4 Å². The van der Waals surface area contributed by atoms with Crippen LogP contribution in [0, 0.1) is 6.92 Å². The van der Waals surface area contributed by atoms with Gasteiger partial charge in [0.1, 0.15) is 11.6 Å². The largest absolute Gasteiger partial charge is 0.496 e. The van der Waals surface area contributed by atoms with Crippen molar-refractivity contribution in [3.63, 3.8) is 0 Å². The predicted octanol–water partition coefficient (Wildman–Crippen LogP) is 5.17. The van der Waals surface area contributed by atoms with E-state index < -0.39 is 11.7 Å². The Morgan fingerprint density at radius 3 is 2.46 bits per heavy atom. The second-order valence-electron chi connectivity index (χ2n) is 6.05. The summed E-state index contributed by atoms with van der Waals surface area (Å²) >= 11 is 0. The van der Waals surface area contributed by atoms with E-state index in [4.69, 9.17) is 4.74 Å². The fraction of sp³-hybridized carbons (Fsp3) is 0.200. The second kappa shape index (κ2) is 8.16. The van der Waals surface area contributed by atoms with Crippen molar-refractivity contribution in [2.24, 2.45) is 0 Å². The van der Waals surface area contributed by atoms with Crippen molar-refractivity contribution in [3.05, 3.63) is 71.4 Å². The van der Waals surface area contributed by atoms with Gasteiger partial charge in [-0.2, -0.15) is 18.2 Å². The van der Waals surface area contributed by atoms with Gasteiger partial charge in [-0.1, -0.05) is 30.3 Å². The Labute approximate surface area is 160 Å². The first-order valence-electron chi connectivity index (χ1n) is 8.51. The fourth-order valence-corrected chi connectivity index (χ4v) is 2.71. The maximum Gasteiger partial charge on any atom is 0.418 e. The molecular formula is C20H19F3N4O. The zero-order chi connectivity index (χ0) is 20.1. The Morgan fingerprint density at radius 2 is 1.71 bits per heavy atom. The van der Waals surface area contributed by atoms with E-state index in [1.54, 1.807) is 20.1 Å². The molecule has 0 radical (unpaired) electrons. The summed E-state index contributed by atoms with van der Waals surface area (Å²) in [6.07, 6.45) is -4.47. The number of methoxy groups -OCH3 is 1. The molecule has 0 unspecified atom stereocenters. The Balaban J connectivity index is 1.81. The predicted molar refractivity (Wildman–Crippen MR) is 102 cm³/mol. The molecular weight excluding hydrogens is 369 g/mol. The summed E-state index contributed by atoms with van der Waals surface area (Å²) in [5, 5.41) is 5.83.